The third-order valence-corrected chi connectivity index (χ3v) is 5.61. The van der Waals surface area contributed by atoms with Crippen LogP contribution in [-0.4, -0.2) is 36.7 Å². The summed E-state index contributed by atoms with van der Waals surface area (Å²) in [5.41, 5.74) is -4.68. The first-order valence-electron chi connectivity index (χ1n) is 9.18. The molecular formula is C20H12Cl2F5N5O. The summed E-state index contributed by atoms with van der Waals surface area (Å²) in [6, 6.07) is 7.57. The van der Waals surface area contributed by atoms with Crippen LogP contribution < -0.4 is 0 Å². The summed E-state index contributed by atoms with van der Waals surface area (Å²) < 4.78 is 69.1. The van der Waals surface area contributed by atoms with E-state index in [0.717, 1.165) is 11.0 Å². The standard InChI is InChI=1S/C20H12Cl2F5N5O/c21-12-3-6-15-10(7-12)1-5-16(29-15)17(32-9-28-30-31-32)19(33,18(23)24)13-4-2-11(8-14(13)22)20(25,26)27/h1-9,17-18,33H. The molecule has 0 radical (unpaired) electrons. The molecular weight excluding hydrogens is 492 g/mol. The first kappa shape index (κ1) is 23.3. The number of hydrogen-bond donors (Lipinski definition) is 1. The lowest BCUT2D eigenvalue weighted by Crippen LogP contribution is -2.45. The maximum atomic E-state index is 14.5. The van der Waals surface area contributed by atoms with Crippen LogP contribution in [0.3, 0.4) is 0 Å². The quantitative estimate of drug-likeness (QED) is 0.374. The molecule has 0 aliphatic rings. The Kier molecular flexibility index (Phi) is 5.97. The molecule has 0 aliphatic heterocycles. The Labute approximate surface area is 192 Å². The van der Waals surface area contributed by atoms with Crippen molar-refractivity contribution in [3.8, 4) is 0 Å². The minimum atomic E-state index is -4.76. The number of hydrogen-bond acceptors (Lipinski definition) is 5. The summed E-state index contributed by atoms with van der Waals surface area (Å²) >= 11 is 11.9. The third kappa shape index (κ3) is 4.23. The number of fused-ring (bicyclic) bond motifs is 1. The molecule has 0 saturated carbocycles. The number of rotatable bonds is 5. The number of aromatic nitrogens is 5. The van der Waals surface area contributed by atoms with Crippen LogP contribution in [0.25, 0.3) is 10.9 Å². The lowest BCUT2D eigenvalue weighted by atomic mass is 9.83. The molecule has 6 nitrogen and oxygen atoms in total. The van der Waals surface area contributed by atoms with Gasteiger partial charge in [0.15, 0.2) is 5.60 Å². The molecule has 2 unspecified atom stereocenters. The van der Waals surface area contributed by atoms with E-state index in [1.54, 1.807) is 24.3 Å². The highest BCUT2D eigenvalue weighted by molar-refractivity contribution is 6.31. The van der Waals surface area contributed by atoms with Gasteiger partial charge in [0, 0.05) is 21.0 Å². The van der Waals surface area contributed by atoms with Crippen LogP contribution in [0.2, 0.25) is 10.0 Å². The van der Waals surface area contributed by atoms with Gasteiger partial charge >= 0.3 is 6.18 Å². The SMILES string of the molecule is OC(c1ccc(C(F)(F)F)cc1Cl)(C(F)F)C(c1ccc2cc(Cl)ccc2n1)n1cnnn1. The molecule has 2 aromatic carbocycles. The minimum Gasteiger partial charge on any atom is -0.377 e. The topological polar surface area (TPSA) is 76.7 Å². The zero-order valence-corrected chi connectivity index (χ0v) is 17.7. The van der Waals surface area contributed by atoms with Crippen molar-refractivity contribution in [2.75, 3.05) is 0 Å². The number of halogens is 7. The number of nitrogens with zero attached hydrogens (tertiary/aromatic N) is 5. The van der Waals surface area contributed by atoms with E-state index in [1.165, 1.54) is 6.07 Å². The zero-order chi connectivity index (χ0) is 24.0. The van der Waals surface area contributed by atoms with E-state index in [9.17, 15) is 27.1 Å². The highest BCUT2D eigenvalue weighted by Gasteiger charge is 2.52. The fraction of sp³-hybridized carbons (Fsp3) is 0.200. The van der Waals surface area contributed by atoms with Gasteiger partial charge in [-0.2, -0.15) is 13.2 Å². The molecule has 2 atom stereocenters. The van der Waals surface area contributed by atoms with Crippen LogP contribution >= 0.6 is 23.2 Å². The van der Waals surface area contributed by atoms with Crippen LogP contribution in [0.4, 0.5) is 22.0 Å². The molecule has 2 heterocycles. The minimum absolute atomic E-state index is 0.0871. The summed E-state index contributed by atoms with van der Waals surface area (Å²) in [5.74, 6) is 0. The Morgan fingerprint density at radius 2 is 1.73 bits per heavy atom. The lowest BCUT2D eigenvalue weighted by Gasteiger charge is -2.35. The average Bonchev–Trinajstić information content (AvgIpc) is 3.27. The van der Waals surface area contributed by atoms with E-state index in [2.05, 4.69) is 20.5 Å². The van der Waals surface area contributed by atoms with Gasteiger partial charge in [0.25, 0.3) is 6.43 Å². The van der Waals surface area contributed by atoms with E-state index in [0.29, 0.717) is 34.1 Å². The number of alkyl halides is 5. The maximum Gasteiger partial charge on any atom is 0.416 e. The van der Waals surface area contributed by atoms with Crippen molar-refractivity contribution in [2.45, 2.75) is 24.2 Å². The molecule has 0 spiro atoms. The predicted molar refractivity (Wildman–Crippen MR) is 109 cm³/mol. The van der Waals surface area contributed by atoms with Gasteiger partial charge in [-0.25, -0.2) is 13.5 Å². The third-order valence-electron chi connectivity index (χ3n) is 5.06. The first-order chi connectivity index (χ1) is 15.5. The van der Waals surface area contributed by atoms with E-state index in [-0.39, 0.29) is 5.69 Å². The first-order valence-corrected chi connectivity index (χ1v) is 9.94. The summed E-state index contributed by atoms with van der Waals surface area (Å²) in [6.45, 7) is 0. The van der Waals surface area contributed by atoms with Gasteiger partial charge in [-0.05, 0) is 46.8 Å². The van der Waals surface area contributed by atoms with Crippen molar-refractivity contribution in [1.29, 1.82) is 0 Å². The van der Waals surface area contributed by atoms with Gasteiger partial charge in [0.1, 0.15) is 12.4 Å². The van der Waals surface area contributed by atoms with Crippen LogP contribution in [-0.2, 0) is 11.8 Å². The van der Waals surface area contributed by atoms with Gasteiger partial charge in [-0.1, -0.05) is 35.3 Å². The van der Waals surface area contributed by atoms with Crippen molar-refractivity contribution in [1.82, 2.24) is 25.2 Å². The smallest absolute Gasteiger partial charge is 0.377 e. The van der Waals surface area contributed by atoms with Crippen molar-refractivity contribution in [3.05, 3.63) is 81.7 Å². The highest BCUT2D eigenvalue weighted by atomic mass is 35.5. The fourth-order valence-electron chi connectivity index (χ4n) is 3.51. The Morgan fingerprint density at radius 3 is 2.33 bits per heavy atom. The molecule has 4 rings (SSSR count). The Hall–Kier alpha value is -2.89. The van der Waals surface area contributed by atoms with E-state index >= 15 is 0 Å². The van der Waals surface area contributed by atoms with Crippen LogP contribution in [0.15, 0.2) is 54.9 Å². The Balaban J connectivity index is 1.94. The normalized spacial score (nSPS) is 15.1. The van der Waals surface area contributed by atoms with Gasteiger partial charge in [0.05, 0.1) is 16.8 Å². The van der Waals surface area contributed by atoms with Crippen LogP contribution in [0.5, 0.6) is 0 Å². The van der Waals surface area contributed by atoms with Crippen LogP contribution in [0, 0.1) is 0 Å². The largest absolute Gasteiger partial charge is 0.416 e. The van der Waals surface area contributed by atoms with E-state index in [1.807, 2.05) is 0 Å². The predicted octanol–water partition coefficient (Wildman–Crippen LogP) is 5.29. The maximum absolute atomic E-state index is 14.5. The molecule has 13 heteroatoms. The van der Waals surface area contributed by atoms with Crippen molar-refractivity contribution < 1.29 is 27.1 Å². The number of benzene rings is 2. The van der Waals surface area contributed by atoms with Crippen LogP contribution in [0.1, 0.15) is 22.9 Å². The molecule has 0 aliphatic carbocycles. The summed E-state index contributed by atoms with van der Waals surface area (Å²) in [4.78, 5) is 4.34. The van der Waals surface area contributed by atoms with Crippen molar-refractivity contribution in [3.63, 3.8) is 0 Å². The molecule has 4 aromatic rings. The Morgan fingerprint density at radius 1 is 0.970 bits per heavy atom. The van der Waals surface area contributed by atoms with Gasteiger partial charge in [-0.15, -0.1) is 5.10 Å². The van der Waals surface area contributed by atoms with Crippen molar-refractivity contribution >= 4 is 34.1 Å². The number of pyridine rings is 1. The average molecular weight is 504 g/mol. The zero-order valence-electron chi connectivity index (χ0n) is 16.2. The Bertz CT molecular complexity index is 1300. The molecule has 172 valence electrons. The summed E-state index contributed by atoms with van der Waals surface area (Å²) in [6.07, 6.45) is -7.31. The second kappa shape index (κ2) is 8.47. The second-order valence-corrected chi connectivity index (χ2v) is 7.93. The van der Waals surface area contributed by atoms with E-state index < -0.39 is 40.4 Å². The summed E-state index contributed by atoms with van der Waals surface area (Å²) in [7, 11) is 0. The number of aliphatic hydroxyl groups is 1. The van der Waals surface area contributed by atoms with Gasteiger partial charge < -0.3 is 5.11 Å². The fourth-order valence-corrected chi connectivity index (χ4v) is 4.03. The monoisotopic (exact) mass is 503 g/mol. The molecule has 0 fully saturated rings. The molecule has 0 saturated heterocycles. The molecule has 1 N–H and O–H groups in total. The van der Waals surface area contributed by atoms with Gasteiger partial charge in [0.2, 0.25) is 0 Å². The molecule has 2 aromatic heterocycles. The van der Waals surface area contributed by atoms with Gasteiger partial charge in [-0.3, -0.25) is 4.98 Å². The molecule has 33 heavy (non-hydrogen) atoms. The summed E-state index contributed by atoms with van der Waals surface area (Å²) in [5, 5.41) is 22.1. The van der Waals surface area contributed by atoms with Crippen molar-refractivity contribution in [2.24, 2.45) is 0 Å². The second-order valence-electron chi connectivity index (χ2n) is 7.08. The molecule has 0 bridgehead atoms. The van der Waals surface area contributed by atoms with E-state index in [4.69, 9.17) is 23.2 Å². The molecule has 0 amide bonds. The lowest BCUT2D eigenvalue weighted by molar-refractivity contribution is -0.138. The highest BCUT2D eigenvalue weighted by Crippen LogP contribution is 2.46. The number of tetrazole rings is 1.